The lowest BCUT2D eigenvalue weighted by atomic mass is 10.3. The minimum atomic E-state index is -4.58. The van der Waals surface area contributed by atoms with Crippen molar-refractivity contribution in [3.05, 3.63) is 39.8 Å². The van der Waals surface area contributed by atoms with E-state index in [1.807, 2.05) is 0 Å². The summed E-state index contributed by atoms with van der Waals surface area (Å²) in [5.41, 5.74) is -2.06. The number of alkyl halides is 3. The van der Waals surface area contributed by atoms with E-state index < -0.39 is 17.6 Å². The number of rotatable bonds is 1. The van der Waals surface area contributed by atoms with E-state index in [2.05, 4.69) is 4.98 Å². The Labute approximate surface area is 91.6 Å². The van der Waals surface area contributed by atoms with Crippen LogP contribution in [0.15, 0.2) is 28.4 Å². The summed E-state index contributed by atoms with van der Waals surface area (Å²) in [6.07, 6.45) is -4.58. The van der Waals surface area contributed by atoms with E-state index in [1.54, 1.807) is 22.5 Å². The Morgan fingerprint density at radius 3 is 2.69 bits per heavy atom. The molecule has 7 heteroatoms. The van der Waals surface area contributed by atoms with Gasteiger partial charge in [-0.1, -0.05) is 6.07 Å². The van der Waals surface area contributed by atoms with E-state index >= 15 is 0 Å². The van der Waals surface area contributed by atoms with E-state index in [9.17, 15) is 18.0 Å². The van der Waals surface area contributed by atoms with Crippen molar-refractivity contribution in [3.63, 3.8) is 0 Å². The zero-order chi connectivity index (χ0) is 11.8. The summed E-state index contributed by atoms with van der Waals surface area (Å²) in [6, 6.07) is 4.11. The first-order chi connectivity index (χ1) is 7.47. The fraction of sp³-hybridized carbons (Fsp3) is 0.111. The van der Waals surface area contributed by atoms with Crippen LogP contribution in [0.1, 0.15) is 5.69 Å². The minimum absolute atomic E-state index is 0.0334. The lowest BCUT2D eigenvalue weighted by Gasteiger charge is -2.06. The molecule has 2 aromatic rings. The number of thiophene rings is 1. The SMILES string of the molecule is O=c1nc(-c2cccs2)cc(C(F)(F)F)[nH]1. The van der Waals surface area contributed by atoms with Crippen LogP contribution in [-0.2, 0) is 6.18 Å². The van der Waals surface area contributed by atoms with Gasteiger partial charge in [-0.05, 0) is 17.5 Å². The second kappa shape index (κ2) is 3.75. The highest BCUT2D eigenvalue weighted by Crippen LogP contribution is 2.29. The molecule has 16 heavy (non-hydrogen) atoms. The van der Waals surface area contributed by atoms with Gasteiger partial charge in [0.15, 0.2) is 0 Å². The lowest BCUT2D eigenvalue weighted by Crippen LogP contribution is -2.19. The molecule has 0 aliphatic carbocycles. The van der Waals surface area contributed by atoms with Crippen LogP contribution < -0.4 is 5.69 Å². The molecular formula is C9H5F3N2OS. The average Bonchev–Trinajstić information content (AvgIpc) is 2.68. The Morgan fingerprint density at radius 2 is 2.12 bits per heavy atom. The third-order valence-electron chi connectivity index (χ3n) is 1.82. The molecule has 0 atom stereocenters. The fourth-order valence-electron chi connectivity index (χ4n) is 1.16. The summed E-state index contributed by atoms with van der Waals surface area (Å²) >= 11 is 1.22. The van der Waals surface area contributed by atoms with Crippen LogP contribution in [0, 0.1) is 0 Å². The third kappa shape index (κ3) is 2.13. The molecule has 0 radical (unpaired) electrons. The molecule has 2 aromatic heterocycles. The van der Waals surface area contributed by atoms with Crippen molar-refractivity contribution < 1.29 is 13.2 Å². The van der Waals surface area contributed by atoms with Gasteiger partial charge >= 0.3 is 11.9 Å². The largest absolute Gasteiger partial charge is 0.431 e. The van der Waals surface area contributed by atoms with Crippen LogP contribution in [0.3, 0.4) is 0 Å². The molecular weight excluding hydrogens is 241 g/mol. The number of aromatic amines is 1. The molecule has 1 N–H and O–H groups in total. The Morgan fingerprint density at radius 1 is 1.38 bits per heavy atom. The van der Waals surface area contributed by atoms with Crippen LogP contribution in [0.4, 0.5) is 13.2 Å². The Balaban J connectivity index is 2.57. The number of nitrogens with zero attached hydrogens (tertiary/aromatic N) is 1. The van der Waals surface area contributed by atoms with E-state index in [-0.39, 0.29) is 5.69 Å². The highest BCUT2D eigenvalue weighted by molar-refractivity contribution is 7.13. The predicted octanol–water partition coefficient (Wildman–Crippen LogP) is 2.52. The smallest absolute Gasteiger partial charge is 0.302 e. The van der Waals surface area contributed by atoms with Crippen molar-refractivity contribution in [2.75, 3.05) is 0 Å². The summed E-state index contributed by atoms with van der Waals surface area (Å²) in [5.74, 6) is 0. The second-order valence-corrected chi connectivity index (χ2v) is 3.91. The number of nitrogens with one attached hydrogen (secondary N) is 1. The van der Waals surface area contributed by atoms with Crippen molar-refractivity contribution >= 4 is 11.3 Å². The molecule has 2 rings (SSSR count). The second-order valence-electron chi connectivity index (χ2n) is 2.96. The van der Waals surface area contributed by atoms with Crippen LogP contribution >= 0.6 is 11.3 Å². The van der Waals surface area contributed by atoms with Crippen molar-refractivity contribution in [1.29, 1.82) is 0 Å². The molecule has 0 aromatic carbocycles. The maximum atomic E-state index is 12.4. The molecule has 0 aliphatic rings. The zero-order valence-corrected chi connectivity index (χ0v) is 8.52. The van der Waals surface area contributed by atoms with E-state index in [0.717, 1.165) is 6.07 Å². The summed E-state index contributed by atoms with van der Waals surface area (Å²) in [5, 5.41) is 1.70. The summed E-state index contributed by atoms with van der Waals surface area (Å²) in [4.78, 5) is 16.7. The van der Waals surface area contributed by atoms with Crippen molar-refractivity contribution in [2.45, 2.75) is 6.18 Å². The van der Waals surface area contributed by atoms with Gasteiger partial charge in [0.05, 0.1) is 10.6 Å². The van der Waals surface area contributed by atoms with Gasteiger partial charge in [-0.2, -0.15) is 18.2 Å². The first-order valence-electron chi connectivity index (χ1n) is 4.19. The molecule has 0 amide bonds. The number of halogens is 3. The Hall–Kier alpha value is -1.63. The van der Waals surface area contributed by atoms with Gasteiger partial charge < -0.3 is 4.98 Å². The first kappa shape index (κ1) is 10.9. The topological polar surface area (TPSA) is 45.8 Å². The summed E-state index contributed by atoms with van der Waals surface area (Å²) in [7, 11) is 0. The van der Waals surface area contributed by atoms with Crippen molar-refractivity contribution in [2.24, 2.45) is 0 Å². The number of hydrogen-bond acceptors (Lipinski definition) is 3. The van der Waals surface area contributed by atoms with E-state index in [4.69, 9.17) is 0 Å². The molecule has 0 saturated carbocycles. The number of H-pyrrole nitrogens is 1. The molecule has 0 bridgehead atoms. The lowest BCUT2D eigenvalue weighted by molar-refractivity contribution is -0.141. The highest BCUT2D eigenvalue weighted by atomic mass is 32.1. The summed E-state index contributed by atoms with van der Waals surface area (Å²) < 4.78 is 37.2. The molecule has 0 spiro atoms. The average molecular weight is 246 g/mol. The Bertz CT molecular complexity index is 545. The van der Waals surface area contributed by atoms with Gasteiger partial charge in [-0.25, -0.2) is 4.79 Å². The van der Waals surface area contributed by atoms with Crippen LogP contribution in [0.5, 0.6) is 0 Å². The minimum Gasteiger partial charge on any atom is -0.302 e. The molecule has 0 fully saturated rings. The maximum Gasteiger partial charge on any atom is 0.431 e. The standard InChI is InChI=1S/C9H5F3N2OS/c10-9(11,12)7-4-5(13-8(15)14-7)6-2-1-3-16-6/h1-4H,(H,13,14,15). The van der Waals surface area contributed by atoms with Gasteiger partial charge in [0.1, 0.15) is 5.69 Å². The molecule has 0 aliphatic heterocycles. The normalized spacial score (nSPS) is 11.7. The van der Waals surface area contributed by atoms with Crippen molar-refractivity contribution in [3.8, 4) is 10.6 Å². The molecule has 84 valence electrons. The van der Waals surface area contributed by atoms with Crippen LogP contribution in [-0.4, -0.2) is 9.97 Å². The third-order valence-corrected chi connectivity index (χ3v) is 2.72. The quantitative estimate of drug-likeness (QED) is 0.840. The van der Waals surface area contributed by atoms with E-state index in [1.165, 1.54) is 11.3 Å². The number of aromatic nitrogens is 2. The maximum absolute atomic E-state index is 12.4. The Kier molecular flexibility index (Phi) is 2.55. The molecule has 3 nitrogen and oxygen atoms in total. The predicted molar refractivity (Wildman–Crippen MR) is 53.2 cm³/mol. The first-order valence-corrected chi connectivity index (χ1v) is 5.07. The van der Waals surface area contributed by atoms with Gasteiger partial charge in [-0.3, -0.25) is 0 Å². The number of hydrogen-bond donors (Lipinski definition) is 1. The van der Waals surface area contributed by atoms with Crippen molar-refractivity contribution in [1.82, 2.24) is 9.97 Å². The zero-order valence-electron chi connectivity index (χ0n) is 7.71. The summed E-state index contributed by atoms with van der Waals surface area (Å²) in [6.45, 7) is 0. The molecule has 0 unspecified atom stereocenters. The highest BCUT2D eigenvalue weighted by Gasteiger charge is 2.32. The van der Waals surface area contributed by atoms with Crippen LogP contribution in [0.25, 0.3) is 10.6 Å². The van der Waals surface area contributed by atoms with Gasteiger partial charge in [0, 0.05) is 0 Å². The van der Waals surface area contributed by atoms with Gasteiger partial charge in [0.25, 0.3) is 0 Å². The van der Waals surface area contributed by atoms with Gasteiger partial charge in [-0.15, -0.1) is 11.3 Å². The fourth-order valence-corrected chi connectivity index (χ4v) is 1.85. The molecule has 0 saturated heterocycles. The van der Waals surface area contributed by atoms with Crippen LogP contribution in [0.2, 0.25) is 0 Å². The monoisotopic (exact) mass is 246 g/mol. The molecule has 2 heterocycles. The van der Waals surface area contributed by atoms with Gasteiger partial charge in [0.2, 0.25) is 0 Å². The van der Waals surface area contributed by atoms with E-state index in [0.29, 0.717) is 4.88 Å².